The summed E-state index contributed by atoms with van der Waals surface area (Å²) in [5.41, 5.74) is 1.41. The minimum atomic E-state index is -0.0812. The number of amides is 1. The maximum atomic E-state index is 12.8. The molecular formula is C21H21N5OS. The van der Waals surface area contributed by atoms with E-state index in [0.717, 1.165) is 35.3 Å². The zero-order valence-electron chi connectivity index (χ0n) is 15.5. The van der Waals surface area contributed by atoms with Gasteiger partial charge in [0.25, 0.3) is 5.91 Å². The van der Waals surface area contributed by atoms with Crippen molar-refractivity contribution >= 4 is 27.3 Å². The van der Waals surface area contributed by atoms with Gasteiger partial charge in [-0.1, -0.05) is 11.8 Å². The van der Waals surface area contributed by atoms with Crippen molar-refractivity contribution in [3.8, 4) is 11.8 Å². The van der Waals surface area contributed by atoms with Gasteiger partial charge in [0.05, 0.1) is 4.70 Å². The fourth-order valence-corrected chi connectivity index (χ4v) is 4.97. The first kappa shape index (κ1) is 17.4. The minimum absolute atomic E-state index is 0.0812. The maximum Gasteiger partial charge on any atom is 0.270 e. The monoisotopic (exact) mass is 391 g/mol. The van der Waals surface area contributed by atoms with Gasteiger partial charge < -0.3 is 10.2 Å². The molecule has 142 valence electrons. The van der Waals surface area contributed by atoms with E-state index in [1.165, 1.54) is 12.8 Å². The molecule has 6 heterocycles. The highest BCUT2D eigenvalue weighted by Gasteiger charge is 2.35. The van der Waals surface area contributed by atoms with Crippen molar-refractivity contribution in [1.29, 1.82) is 0 Å². The summed E-state index contributed by atoms with van der Waals surface area (Å²) in [6.07, 6.45) is 7.77. The number of piperidine rings is 3. The zero-order valence-corrected chi connectivity index (χ0v) is 16.3. The number of hydrogen-bond donors (Lipinski definition) is 1. The van der Waals surface area contributed by atoms with E-state index in [1.54, 1.807) is 28.4 Å². The second kappa shape index (κ2) is 7.38. The lowest BCUT2D eigenvalue weighted by atomic mass is 9.84. The van der Waals surface area contributed by atoms with E-state index in [9.17, 15) is 4.79 Å². The average Bonchev–Trinajstić information content (AvgIpc) is 3.39. The van der Waals surface area contributed by atoms with Crippen molar-refractivity contribution in [3.05, 3.63) is 47.4 Å². The highest BCUT2D eigenvalue weighted by molar-refractivity contribution is 7.17. The van der Waals surface area contributed by atoms with E-state index in [1.807, 2.05) is 23.7 Å². The quantitative estimate of drug-likeness (QED) is 0.697. The Labute approximate surface area is 167 Å². The number of hydrogen-bond acceptors (Lipinski definition) is 5. The summed E-state index contributed by atoms with van der Waals surface area (Å²) in [5, 5.41) is 10.4. The molecule has 0 radical (unpaired) electrons. The van der Waals surface area contributed by atoms with Crippen LogP contribution in [-0.4, -0.2) is 51.2 Å². The number of carbonyl (C=O) groups excluding carboxylic acids is 1. The third-order valence-electron chi connectivity index (χ3n) is 5.69. The normalized spacial score (nSPS) is 23.4. The molecule has 0 aliphatic carbocycles. The lowest BCUT2D eigenvalue weighted by Crippen LogP contribution is -2.57. The van der Waals surface area contributed by atoms with E-state index in [4.69, 9.17) is 0 Å². The van der Waals surface area contributed by atoms with Crippen LogP contribution in [0.2, 0.25) is 0 Å². The molecule has 1 N–H and O–H groups in total. The Morgan fingerprint density at radius 2 is 2.25 bits per heavy atom. The number of carbonyl (C=O) groups is 1. The largest absolute Gasteiger partial charge is 0.346 e. The number of thiophene rings is 1. The molecule has 1 amide bonds. The molecule has 3 aromatic heterocycles. The van der Waals surface area contributed by atoms with Gasteiger partial charge in [-0.2, -0.15) is 5.10 Å². The second-order valence-corrected chi connectivity index (χ2v) is 8.35. The standard InChI is InChI=1S/C21H21N5OS/c27-21(24-19-13-25-9-4-15(19)5-10-25)18-11-17-16(14-28-20(17)12-22-18)3-1-7-26-8-2-6-23-26/h2,6,8,11-12,14-15,19H,4-5,7,9-10,13H2,(H,24,27)/t19-/m0/s1. The van der Waals surface area contributed by atoms with Crippen LogP contribution in [0, 0.1) is 17.8 Å². The molecule has 28 heavy (non-hydrogen) atoms. The first-order valence-electron chi connectivity index (χ1n) is 9.63. The summed E-state index contributed by atoms with van der Waals surface area (Å²) in [6, 6.07) is 4.00. The summed E-state index contributed by atoms with van der Waals surface area (Å²) in [6.45, 7) is 3.83. The molecule has 3 aliphatic rings. The Hall–Kier alpha value is -2.69. The molecule has 2 bridgehead atoms. The topological polar surface area (TPSA) is 63.1 Å². The zero-order chi connectivity index (χ0) is 18.9. The Morgan fingerprint density at radius 1 is 1.36 bits per heavy atom. The highest BCUT2D eigenvalue weighted by atomic mass is 32.1. The Kier molecular flexibility index (Phi) is 4.59. The molecule has 7 heteroatoms. The molecule has 0 spiro atoms. The van der Waals surface area contributed by atoms with E-state index in [0.29, 0.717) is 18.2 Å². The molecule has 3 fully saturated rings. The number of nitrogens with zero attached hydrogens (tertiary/aromatic N) is 4. The molecular weight excluding hydrogens is 370 g/mol. The number of aromatic nitrogens is 3. The van der Waals surface area contributed by atoms with Crippen LogP contribution >= 0.6 is 11.3 Å². The summed E-state index contributed by atoms with van der Waals surface area (Å²) < 4.78 is 2.83. The van der Waals surface area contributed by atoms with Crippen molar-refractivity contribution in [1.82, 2.24) is 25.0 Å². The van der Waals surface area contributed by atoms with Crippen molar-refractivity contribution in [2.45, 2.75) is 25.4 Å². The van der Waals surface area contributed by atoms with Gasteiger partial charge in [0.1, 0.15) is 12.2 Å². The minimum Gasteiger partial charge on any atom is -0.346 e. The average molecular weight is 392 g/mol. The Bertz CT molecular complexity index is 1050. The second-order valence-electron chi connectivity index (χ2n) is 7.44. The van der Waals surface area contributed by atoms with Gasteiger partial charge in [0.15, 0.2) is 0 Å². The van der Waals surface area contributed by atoms with Gasteiger partial charge in [0.2, 0.25) is 0 Å². The fraction of sp³-hybridized carbons (Fsp3) is 0.381. The maximum absolute atomic E-state index is 12.8. The molecule has 3 aromatic rings. The Morgan fingerprint density at radius 3 is 3.00 bits per heavy atom. The molecule has 1 atom stereocenters. The van der Waals surface area contributed by atoms with Crippen LogP contribution in [0.1, 0.15) is 28.9 Å². The summed E-state index contributed by atoms with van der Waals surface area (Å²) in [4.78, 5) is 19.6. The summed E-state index contributed by atoms with van der Waals surface area (Å²) in [5.74, 6) is 6.87. The van der Waals surface area contributed by atoms with Crippen molar-refractivity contribution in [2.75, 3.05) is 19.6 Å². The van der Waals surface area contributed by atoms with Crippen molar-refractivity contribution in [2.24, 2.45) is 5.92 Å². The molecule has 3 aliphatic heterocycles. The molecule has 0 unspecified atom stereocenters. The third kappa shape index (κ3) is 3.41. The lowest BCUT2D eigenvalue weighted by Gasteiger charge is -2.44. The number of nitrogens with one attached hydrogen (secondary N) is 1. The van der Waals surface area contributed by atoms with Crippen LogP contribution in [0.5, 0.6) is 0 Å². The fourth-order valence-electron chi connectivity index (χ4n) is 4.13. The van der Waals surface area contributed by atoms with Crippen LogP contribution in [0.15, 0.2) is 36.1 Å². The molecule has 3 saturated heterocycles. The highest BCUT2D eigenvalue weighted by Crippen LogP contribution is 2.28. The molecule has 0 aromatic carbocycles. The van der Waals surface area contributed by atoms with Gasteiger partial charge in [-0.15, -0.1) is 11.3 Å². The van der Waals surface area contributed by atoms with E-state index in [2.05, 4.69) is 32.1 Å². The molecule has 0 saturated carbocycles. The van der Waals surface area contributed by atoms with Gasteiger partial charge >= 0.3 is 0 Å². The van der Waals surface area contributed by atoms with Crippen molar-refractivity contribution < 1.29 is 4.79 Å². The molecule has 6 rings (SSSR count). The third-order valence-corrected chi connectivity index (χ3v) is 6.62. The number of pyridine rings is 1. The van der Waals surface area contributed by atoms with Crippen LogP contribution in [0.25, 0.3) is 10.1 Å². The van der Waals surface area contributed by atoms with Crippen LogP contribution in [0.4, 0.5) is 0 Å². The first-order valence-corrected chi connectivity index (χ1v) is 10.5. The molecule has 6 nitrogen and oxygen atoms in total. The summed E-state index contributed by atoms with van der Waals surface area (Å²) in [7, 11) is 0. The van der Waals surface area contributed by atoms with Gasteiger partial charge in [-0.25, -0.2) is 4.98 Å². The van der Waals surface area contributed by atoms with Crippen molar-refractivity contribution in [3.63, 3.8) is 0 Å². The lowest BCUT2D eigenvalue weighted by molar-refractivity contribution is 0.0618. The predicted molar refractivity (Wildman–Crippen MR) is 109 cm³/mol. The first-order chi connectivity index (χ1) is 13.8. The van der Waals surface area contributed by atoms with Crippen LogP contribution in [0.3, 0.4) is 0 Å². The van der Waals surface area contributed by atoms with E-state index < -0.39 is 0 Å². The summed E-state index contributed by atoms with van der Waals surface area (Å²) >= 11 is 1.60. The SMILES string of the molecule is O=C(N[C@H]1CN2CCC1CC2)c1cc2c(C#CCn3cccn3)csc2cn1. The van der Waals surface area contributed by atoms with Crippen LogP contribution < -0.4 is 5.32 Å². The van der Waals surface area contributed by atoms with Gasteiger partial charge in [-0.05, 0) is 44.0 Å². The van der Waals surface area contributed by atoms with E-state index in [-0.39, 0.29) is 11.9 Å². The van der Waals surface area contributed by atoms with E-state index >= 15 is 0 Å². The number of rotatable bonds is 3. The van der Waals surface area contributed by atoms with Gasteiger partial charge in [0, 0.05) is 47.5 Å². The smallest absolute Gasteiger partial charge is 0.270 e. The Balaban J connectivity index is 1.34. The van der Waals surface area contributed by atoms with Crippen LogP contribution in [-0.2, 0) is 6.54 Å². The number of fused-ring (bicyclic) bond motifs is 4. The predicted octanol–water partition coefficient (Wildman–Crippen LogP) is 2.37. The van der Waals surface area contributed by atoms with Gasteiger partial charge in [-0.3, -0.25) is 9.48 Å².